The van der Waals surface area contributed by atoms with Crippen molar-refractivity contribution in [3.63, 3.8) is 0 Å². The van der Waals surface area contributed by atoms with Crippen molar-refractivity contribution in [1.29, 1.82) is 0 Å². The van der Waals surface area contributed by atoms with Crippen LogP contribution in [-0.2, 0) is 0 Å². The van der Waals surface area contributed by atoms with Crippen LogP contribution in [0.4, 0.5) is 4.39 Å². The molecule has 1 N–H and O–H groups in total. The Morgan fingerprint density at radius 2 is 2.00 bits per heavy atom. The third-order valence-corrected chi connectivity index (χ3v) is 4.00. The van der Waals surface area contributed by atoms with Crippen LogP contribution >= 0.6 is 15.9 Å². The number of ether oxygens (including phenoxy) is 2. The average Bonchev–Trinajstić information content (AvgIpc) is 2.51. The van der Waals surface area contributed by atoms with Crippen molar-refractivity contribution >= 4 is 15.9 Å². The number of fused-ring (bicyclic) bond motifs is 1. The van der Waals surface area contributed by atoms with Crippen molar-refractivity contribution in [3.8, 4) is 11.5 Å². The molecular formula is C16H15BrFNO2. The Balaban J connectivity index is 1.90. The van der Waals surface area contributed by atoms with Crippen molar-refractivity contribution in [1.82, 2.24) is 5.32 Å². The number of benzene rings is 2. The van der Waals surface area contributed by atoms with E-state index in [1.54, 1.807) is 19.2 Å². The summed E-state index contributed by atoms with van der Waals surface area (Å²) in [7, 11) is 1.79. The third kappa shape index (κ3) is 2.89. The molecule has 3 nitrogen and oxygen atoms in total. The van der Waals surface area contributed by atoms with Crippen LogP contribution in [0, 0.1) is 5.82 Å². The standard InChI is InChI=1S/C16H15BrFNO2/c1-19-16(11-8-10(17)6-7-12(11)18)15-9-20-13-4-2-3-5-14(13)21-15/h2-8,15-16,19H,9H2,1H3. The molecule has 0 aliphatic carbocycles. The Morgan fingerprint density at radius 3 is 2.76 bits per heavy atom. The van der Waals surface area contributed by atoms with Crippen LogP contribution in [0.2, 0.25) is 0 Å². The Hall–Kier alpha value is -1.59. The highest BCUT2D eigenvalue weighted by atomic mass is 79.9. The molecule has 1 heterocycles. The summed E-state index contributed by atoms with van der Waals surface area (Å²) in [6.45, 7) is 0.370. The molecular weight excluding hydrogens is 337 g/mol. The summed E-state index contributed by atoms with van der Waals surface area (Å²) < 4.78 is 26.6. The summed E-state index contributed by atoms with van der Waals surface area (Å²) in [5, 5.41) is 3.12. The van der Waals surface area contributed by atoms with E-state index in [1.807, 2.05) is 24.3 Å². The summed E-state index contributed by atoms with van der Waals surface area (Å²) in [4.78, 5) is 0. The van der Waals surface area contributed by atoms with Crippen LogP contribution in [0.25, 0.3) is 0 Å². The molecule has 0 amide bonds. The first-order valence-electron chi connectivity index (χ1n) is 6.69. The van der Waals surface area contributed by atoms with E-state index in [2.05, 4.69) is 21.2 Å². The van der Waals surface area contributed by atoms with Gasteiger partial charge >= 0.3 is 0 Å². The lowest BCUT2D eigenvalue weighted by atomic mass is 10.0. The van der Waals surface area contributed by atoms with E-state index in [0.29, 0.717) is 17.9 Å². The SMILES string of the molecule is CNC(c1cc(Br)ccc1F)C1COc2ccccc2O1. The van der Waals surface area contributed by atoms with Crippen molar-refractivity contribution < 1.29 is 13.9 Å². The number of hydrogen-bond acceptors (Lipinski definition) is 3. The van der Waals surface area contributed by atoms with Crippen molar-refractivity contribution in [2.75, 3.05) is 13.7 Å². The number of halogens is 2. The molecule has 0 radical (unpaired) electrons. The molecule has 2 aromatic rings. The minimum Gasteiger partial charge on any atom is -0.486 e. The lowest BCUT2D eigenvalue weighted by Gasteiger charge is -2.32. The Labute approximate surface area is 131 Å². The number of para-hydroxylation sites is 2. The molecule has 0 saturated heterocycles. The fourth-order valence-corrected chi connectivity index (χ4v) is 2.87. The Morgan fingerprint density at radius 1 is 1.24 bits per heavy atom. The lowest BCUT2D eigenvalue weighted by Crippen LogP contribution is -2.40. The van der Waals surface area contributed by atoms with Crippen LogP contribution in [0.3, 0.4) is 0 Å². The summed E-state index contributed by atoms with van der Waals surface area (Å²) in [6.07, 6.45) is -0.298. The van der Waals surface area contributed by atoms with Gasteiger partial charge in [-0.05, 0) is 37.4 Å². The molecule has 2 unspecified atom stereocenters. The van der Waals surface area contributed by atoms with E-state index >= 15 is 0 Å². The third-order valence-electron chi connectivity index (χ3n) is 3.51. The molecule has 1 aliphatic heterocycles. The van der Waals surface area contributed by atoms with Crippen LogP contribution < -0.4 is 14.8 Å². The highest BCUT2D eigenvalue weighted by molar-refractivity contribution is 9.10. The lowest BCUT2D eigenvalue weighted by molar-refractivity contribution is 0.0628. The molecule has 1 aliphatic rings. The summed E-state index contributed by atoms with van der Waals surface area (Å²) in [5.41, 5.74) is 0.555. The summed E-state index contributed by atoms with van der Waals surface area (Å²) >= 11 is 3.38. The van der Waals surface area contributed by atoms with Crippen LogP contribution in [-0.4, -0.2) is 19.8 Å². The van der Waals surface area contributed by atoms with E-state index in [9.17, 15) is 4.39 Å². The van der Waals surface area contributed by atoms with Crippen LogP contribution in [0.5, 0.6) is 11.5 Å². The molecule has 2 aromatic carbocycles. The van der Waals surface area contributed by atoms with E-state index < -0.39 is 0 Å². The quantitative estimate of drug-likeness (QED) is 0.914. The number of likely N-dealkylation sites (N-methyl/N-ethyl adjacent to an activating group) is 1. The van der Waals surface area contributed by atoms with Crippen molar-refractivity contribution in [2.24, 2.45) is 0 Å². The van der Waals surface area contributed by atoms with Gasteiger partial charge in [-0.25, -0.2) is 4.39 Å². The van der Waals surface area contributed by atoms with Gasteiger partial charge in [0, 0.05) is 10.0 Å². The molecule has 0 aromatic heterocycles. The zero-order chi connectivity index (χ0) is 14.8. The first kappa shape index (κ1) is 14.4. The second-order valence-corrected chi connectivity index (χ2v) is 5.76. The summed E-state index contributed by atoms with van der Waals surface area (Å²) in [5.74, 6) is 1.14. The molecule has 2 atom stereocenters. The van der Waals surface area contributed by atoms with Crippen molar-refractivity contribution in [3.05, 3.63) is 58.3 Å². The molecule has 0 bridgehead atoms. The number of rotatable bonds is 3. The molecule has 3 rings (SSSR count). The van der Waals surface area contributed by atoms with Gasteiger partial charge in [0.1, 0.15) is 12.4 Å². The second-order valence-electron chi connectivity index (χ2n) is 4.85. The minimum atomic E-state index is -0.298. The molecule has 0 spiro atoms. The van der Waals surface area contributed by atoms with Gasteiger partial charge in [0.15, 0.2) is 17.6 Å². The van der Waals surface area contributed by atoms with Gasteiger partial charge in [-0.15, -0.1) is 0 Å². The van der Waals surface area contributed by atoms with Gasteiger partial charge in [0.25, 0.3) is 0 Å². The molecule has 0 saturated carbocycles. The smallest absolute Gasteiger partial charge is 0.161 e. The summed E-state index contributed by atoms with van der Waals surface area (Å²) in [6, 6.07) is 12.1. The van der Waals surface area contributed by atoms with E-state index in [4.69, 9.17) is 9.47 Å². The Kier molecular flexibility index (Phi) is 4.12. The maximum Gasteiger partial charge on any atom is 0.161 e. The highest BCUT2D eigenvalue weighted by Crippen LogP contribution is 2.35. The first-order valence-corrected chi connectivity index (χ1v) is 7.49. The van der Waals surface area contributed by atoms with E-state index in [-0.39, 0.29) is 18.0 Å². The van der Waals surface area contributed by atoms with Gasteiger partial charge in [-0.2, -0.15) is 0 Å². The number of nitrogens with one attached hydrogen (secondary N) is 1. The normalized spacial score (nSPS) is 18.3. The zero-order valence-electron chi connectivity index (χ0n) is 11.5. The van der Waals surface area contributed by atoms with Gasteiger partial charge in [-0.3, -0.25) is 0 Å². The Bertz CT molecular complexity index is 650. The maximum absolute atomic E-state index is 14.1. The van der Waals surface area contributed by atoms with Gasteiger partial charge in [0.2, 0.25) is 0 Å². The first-order chi connectivity index (χ1) is 10.2. The molecule has 21 heavy (non-hydrogen) atoms. The maximum atomic E-state index is 14.1. The van der Waals surface area contributed by atoms with Gasteiger partial charge in [0.05, 0.1) is 6.04 Å². The van der Waals surface area contributed by atoms with E-state index in [0.717, 1.165) is 10.2 Å². The van der Waals surface area contributed by atoms with Gasteiger partial charge < -0.3 is 14.8 Å². The molecule has 110 valence electrons. The second kappa shape index (κ2) is 6.03. The number of hydrogen-bond donors (Lipinski definition) is 1. The van der Waals surface area contributed by atoms with E-state index in [1.165, 1.54) is 6.07 Å². The topological polar surface area (TPSA) is 30.5 Å². The fourth-order valence-electron chi connectivity index (χ4n) is 2.49. The highest BCUT2D eigenvalue weighted by Gasteiger charge is 2.30. The van der Waals surface area contributed by atoms with Crippen LogP contribution in [0.1, 0.15) is 11.6 Å². The van der Waals surface area contributed by atoms with Gasteiger partial charge in [-0.1, -0.05) is 28.1 Å². The molecule has 5 heteroatoms. The predicted octanol–water partition coefficient (Wildman–Crippen LogP) is 3.69. The molecule has 0 fully saturated rings. The average molecular weight is 352 g/mol. The minimum absolute atomic E-state index is 0.264. The largest absolute Gasteiger partial charge is 0.486 e. The van der Waals surface area contributed by atoms with Crippen LogP contribution in [0.15, 0.2) is 46.9 Å². The predicted molar refractivity (Wildman–Crippen MR) is 82.3 cm³/mol. The van der Waals surface area contributed by atoms with Crippen molar-refractivity contribution in [2.45, 2.75) is 12.1 Å². The zero-order valence-corrected chi connectivity index (χ0v) is 13.1. The monoisotopic (exact) mass is 351 g/mol. The fraction of sp³-hybridized carbons (Fsp3) is 0.250.